The molecule has 5 heteroatoms. The number of fused-ring (bicyclic) bond motifs is 1. The quantitative estimate of drug-likeness (QED) is 0.908. The van der Waals surface area contributed by atoms with Crippen molar-refractivity contribution < 1.29 is 9.90 Å². The highest BCUT2D eigenvalue weighted by Crippen LogP contribution is 2.32. The third-order valence-electron chi connectivity index (χ3n) is 4.52. The Morgan fingerprint density at radius 1 is 1.41 bits per heavy atom. The van der Waals surface area contributed by atoms with E-state index >= 15 is 0 Å². The maximum atomic E-state index is 12.5. The molecule has 1 aliphatic rings. The normalized spacial score (nSPS) is 16.3. The molecule has 1 amide bonds. The number of aliphatic hydroxyl groups is 1. The van der Waals surface area contributed by atoms with Gasteiger partial charge in [0.25, 0.3) is 5.91 Å². The third-order valence-corrected chi connectivity index (χ3v) is 4.52. The molecule has 22 heavy (non-hydrogen) atoms. The summed E-state index contributed by atoms with van der Waals surface area (Å²) in [5.74, 6) is -0.356. The number of amides is 1. The molecule has 0 radical (unpaired) electrons. The summed E-state index contributed by atoms with van der Waals surface area (Å²) in [6.45, 7) is 2.18. The second-order valence-corrected chi connectivity index (χ2v) is 6.27. The number of carbonyl (C=O) groups excluding carboxylic acids is 1. The van der Waals surface area contributed by atoms with Gasteiger partial charge in [-0.05, 0) is 37.8 Å². The van der Waals surface area contributed by atoms with E-state index < -0.39 is 5.60 Å². The monoisotopic (exact) mass is 300 g/mol. The van der Waals surface area contributed by atoms with E-state index in [1.54, 1.807) is 13.1 Å². The number of aryl methyl sites for hydroxylation is 1. The van der Waals surface area contributed by atoms with Crippen LogP contribution >= 0.6 is 0 Å². The lowest BCUT2D eigenvalue weighted by molar-refractivity contribution is -0.0499. The van der Waals surface area contributed by atoms with Crippen molar-refractivity contribution in [2.24, 2.45) is 0 Å². The van der Waals surface area contributed by atoms with Gasteiger partial charge in [-0.3, -0.25) is 9.59 Å². The second-order valence-electron chi connectivity index (χ2n) is 6.27. The Hall–Kier alpha value is -2.14. The number of hydrogen-bond donors (Lipinski definition) is 2. The highest BCUT2D eigenvalue weighted by Gasteiger charge is 2.36. The van der Waals surface area contributed by atoms with Crippen LogP contribution in [-0.2, 0) is 0 Å². The first-order chi connectivity index (χ1) is 10.4. The smallest absolute Gasteiger partial charge is 0.259 e. The zero-order valence-electron chi connectivity index (χ0n) is 12.8. The van der Waals surface area contributed by atoms with E-state index in [1.807, 2.05) is 19.1 Å². The molecule has 1 fully saturated rings. The lowest BCUT2D eigenvalue weighted by Crippen LogP contribution is -2.49. The zero-order valence-corrected chi connectivity index (χ0v) is 12.8. The van der Waals surface area contributed by atoms with Crippen LogP contribution in [0.4, 0.5) is 0 Å². The lowest BCUT2D eigenvalue weighted by Gasteiger charge is -2.39. The molecule has 0 saturated heterocycles. The summed E-state index contributed by atoms with van der Waals surface area (Å²) in [4.78, 5) is 29.5. The van der Waals surface area contributed by atoms with E-state index in [1.165, 1.54) is 11.1 Å². The standard InChI is InChI=1S/C17H20N2O3/c1-11-5-3-6-12-14(11)18-9-13(15(12)20)16(21)19(2)10-17(22)7-4-8-17/h3,5-6,9,22H,4,7-8,10H2,1-2H3,(H,18,20). The molecule has 0 bridgehead atoms. The fourth-order valence-corrected chi connectivity index (χ4v) is 3.02. The van der Waals surface area contributed by atoms with Gasteiger partial charge in [-0.1, -0.05) is 12.1 Å². The van der Waals surface area contributed by atoms with Crippen molar-refractivity contribution in [3.63, 3.8) is 0 Å². The number of carbonyl (C=O) groups is 1. The first-order valence-corrected chi connectivity index (χ1v) is 7.50. The van der Waals surface area contributed by atoms with Crippen molar-refractivity contribution in [2.45, 2.75) is 31.8 Å². The molecule has 5 nitrogen and oxygen atoms in total. The Bertz CT molecular complexity index is 790. The molecule has 1 aliphatic carbocycles. The van der Waals surface area contributed by atoms with Crippen LogP contribution in [0, 0.1) is 6.92 Å². The second kappa shape index (κ2) is 5.25. The predicted octanol–water partition coefficient (Wildman–Crippen LogP) is 1.82. The lowest BCUT2D eigenvalue weighted by atomic mass is 9.80. The van der Waals surface area contributed by atoms with Crippen molar-refractivity contribution in [3.8, 4) is 0 Å². The van der Waals surface area contributed by atoms with Crippen LogP contribution < -0.4 is 5.43 Å². The van der Waals surface area contributed by atoms with Crippen LogP contribution in [0.3, 0.4) is 0 Å². The molecular formula is C17H20N2O3. The number of benzene rings is 1. The Balaban J connectivity index is 1.94. The van der Waals surface area contributed by atoms with E-state index in [2.05, 4.69) is 4.98 Å². The molecule has 0 spiro atoms. The molecule has 2 N–H and O–H groups in total. The van der Waals surface area contributed by atoms with E-state index in [0.29, 0.717) is 18.2 Å². The molecular weight excluding hydrogens is 280 g/mol. The van der Waals surface area contributed by atoms with Gasteiger partial charge in [0.05, 0.1) is 11.1 Å². The molecule has 3 rings (SSSR count). The number of aromatic amines is 1. The Labute approximate surface area is 128 Å². The van der Waals surface area contributed by atoms with Gasteiger partial charge in [0.1, 0.15) is 5.56 Å². The van der Waals surface area contributed by atoms with Crippen LogP contribution in [0.2, 0.25) is 0 Å². The Morgan fingerprint density at radius 2 is 2.14 bits per heavy atom. The first-order valence-electron chi connectivity index (χ1n) is 7.50. The highest BCUT2D eigenvalue weighted by atomic mass is 16.3. The minimum Gasteiger partial charge on any atom is -0.388 e. The molecule has 1 aromatic heterocycles. The summed E-state index contributed by atoms with van der Waals surface area (Å²) in [6.07, 6.45) is 3.87. The maximum Gasteiger partial charge on any atom is 0.259 e. The molecule has 1 heterocycles. The topological polar surface area (TPSA) is 73.4 Å². The van der Waals surface area contributed by atoms with E-state index in [-0.39, 0.29) is 23.4 Å². The van der Waals surface area contributed by atoms with Crippen LogP contribution in [-0.4, -0.2) is 40.1 Å². The summed E-state index contributed by atoms with van der Waals surface area (Å²) in [5, 5.41) is 10.7. The third kappa shape index (κ3) is 2.41. The van der Waals surface area contributed by atoms with Crippen molar-refractivity contribution in [2.75, 3.05) is 13.6 Å². The molecule has 116 valence electrons. The van der Waals surface area contributed by atoms with Gasteiger partial charge in [-0.25, -0.2) is 0 Å². The Morgan fingerprint density at radius 3 is 2.77 bits per heavy atom. The van der Waals surface area contributed by atoms with Crippen molar-refractivity contribution >= 4 is 16.8 Å². The first kappa shape index (κ1) is 14.8. The van der Waals surface area contributed by atoms with Gasteiger partial charge in [-0.15, -0.1) is 0 Å². The summed E-state index contributed by atoms with van der Waals surface area (Å²) in [5.41, 5.74) is 0.776. The van der Waals surface area contributed by atoms with Crippen molar-refractivity contribution in [1.29, 1.82) is 0 Å². The van der Waals surface area contributed by atoms with Gasteiger partial charge in [0, 0.05) is 25.2 Å². The van der Waals surface area contributed by atoms with E-state index in [9.17, 15) is 14.7 Å². The van der Waals surface area contributed by atoms with E-state index in [0.717, 1.165) is 17.5 Å². The molecule has 0 atom stereocenters. The number of nitrogens with zero attached hydrogens (tertiary/aromatic N) is 1. The molecule has 2 aromatic rings. The SMILES string of the molecule is Cc1cccc2c(=O)c(C(=O)N(C)CC3(O)CCC3)c[nH]c12. The van der Waals surface area contributed by atoms with Gasteiger partial charge in [0.2, 0.25) is 5.43 Å². The maximum absolute atomic E-state index is 12.5. The number of H-pyrrole nitrogens is 1. The van der Waals surface area contributed by atoms with Crippen LogP contribution in [0.1, 0.15) is 35.2 Å². The van der Waals surface area contributed by atoms with Gasteiger partial charge >= 0.3 is 0 Å². The molecule has 0 aliphatic heterocycles. The summed E-state index contributed by atoms with van der Waals surface area (Å²) < 4.78 is 0. The van der Waals surface area contributed by atoms with Gasteiger partial charge in [0.15, 0.2) is 0 Å². The van der Waals surface area contributed by atoms with Crippen LogP contribution in [0.5, 0.6) is 0 Å². The van der Waals surface area contributed by atoms with Gasteiger partial charge in [-0.2, -0.15) is 0 Å². The van der Waals surface area contributed by atoms with Crippen LogP contribution in [0.15, 0.2) is 29.2 Å². The van der Waals surface area contributed by atoms with Crippen molar-refractivity contribution in [3.05, 3.63) is 45.7 Å². The summed E-state index contributed by atoms with van der Waals surface area (Å²) in [7, 11) is 1.62. The largest absolute Gasteiger partial charge is 0.388 e. The number of hydrogen-bond acceptors (Lipinski definition) is 3. The average molecular weight is 300 g/mol. The number of aromatic nitrogens is 1. The fourth-order valence-electron chi connectivity index (χ4n) is 3.02. The average Bonchev–Trinajstić information content (AvgIpc) is 2.46. The minimum atomic E-state index is -0.787. The molecule has 0 unspecified atom stereocenters. The number of nitrogens with one attached hydrogen (secondary N) is 1. The molecule has 1 aromatic carbocycles. The number of para-hydroxylation sites is 1. The summed E-state index contributed by atoms with van der Waals surface area (Å²) in [6, 6.07) is 5.44. The highest BCUT2D eigenvalue weighted by molar-refractivity contribution is 5.97. The zero-order chi connectivity index (χ0) is 15.9. The predicted molar refractivity (Wildman–Crippen MR) is 85.1 cm³/mol. The summed E-state index contributed by atoms with van der Waals surface area (Å²) >= 11 is 0. The number of likely N-dealkylation sites (N-methyl/N-ethyl adjacent to an activating group) is 1. The van der Waals surface area contributed by atoms with Crippen molar-refractivity contribution in [1.82, 2.24) is 9.88 Å². The fraction of sp³-hybridized carbons (Fsp3) is 0.412. The number of pyridine rings is 1. The van der Waals surface area contributed by atoms with E-state index in [4.69, 9.17) is 0 Å². The Kier molecular flexibility index (Phi) is 3.53. The van der Waals surface area contributed by atoms with Crippen LogP contribution in [0.25, 0.3) is 10.9 Å². The van der Waals surface area contributed by atoms with Gasteiger partial charge < -0.3 is 15.0 Å². The number of rotatable bonds is 3. The molecule has 1 saturated carbocycles. The minimum absolute atomic E-state index is 0.114.